The van der Waals surface area contributed by atoms with Gasteiger partial charge in [-0.1, -0.05) is 27.7 Å². The van der Waals surface area contributed by atoms with E-state index >= 15 is 0 Å². The van der Waals surface area contributed by atoms with Gasteiger partial charge in [0.05, 0.1) is 11.6 Å². The fraction of sp³-hybridized carbons (Fsp3) is 0.842. The number of carbonyl (C=O) groups excluding carboxylic acids is 1. The molecule has 3 atom stereocenters. The average molecular weight is 364 g/mol. The molecule has 0 aromatic carbocycles. The van der Waals surface area contributed by atoms with Crippen LogP contribution >= 0.6 is 0 Å². The highest BCUT2D eigenvalue weighted by atomic mass is 16.5. The van der Waals surface area contributed by atoms with Crippen LogP contribution in [-0.4, -0.2) is 51.5 Å². The summed E-state index contributed by atoms with van der Waals surface area (Å²) in [4.78, 5) is 19.4. The normalized spacial score (nSPS) is 29.8. The Morgan fingerprint density at radius 3 is 2.65 bits per heavy atom. The molecular formula is C19H33N5O2. The van der Waals surface area contributed by atoms with Crippen molar-refractivity contribution in [3.05, 3.63) is 11.6 Å². The predicted molar refractivity (Wildman–Crippen MR) is 100.0 cm³/mol. The molecule has 2 amide bonds. The monoisotopic (exact) mass is 363 g/mol. The van der Waals surface area contributed by atoms with Crippen LogP contribution in [0.25, 0.3) is 0 Å². The maximum Gasteiger partial charge on any atom is 0.318 e. The van der Waals surface area contributed by atoms with Gasteiger partial charge in [0.15, 0.2) is 5.82 Å². The summed E-state index contributed by atoms with van der Waals surface area (Å²) in [6, 6.07) is 0.0320. The zero-order chi connectivity index (χ0) is 19.3. The van der Waals surface area contributed by atoms with E-state index in [9.17, 15) is 4.79 Å². The molecule has 1 aliphatic carbocycles. The second-order valence-electron chi connectivity index (χ2n) is 8.84. The van der Waals surface area contributed by atoms with E-state index in [2.05, 4.69) is 50.0 Å². The van der Waals surface area contributed by atoms with Crippen molar-refractivity contribution < 1.29 is 9.53 Å². The predicted octanol–water partition coefficient (Wildman–Crippen LogP) is 3.08. The lowest BCUT2D eigenvalue weighted by Gasteiger charge is -2.61. The van der Waals surface area contributed by atoms with E-state index in [1.54, 1.807) is 7.11 Å². The van der Waals surface area contributed by atoms with E-state index < -0.39 is 0 Å². The highest BCUT2D eigenvalue weighted by Gasteiger charge is 2.60. The molecule has 146 valence electrons. The van der Waals surface area contributed by atoms with Gasteiger partial charge in [-0.3, -0.25) is 0 Å². The zero-order valence-electron chi connectivity index (χ0n) is 17.2. The van der Waals surface area contributed by atoms with Crippen LogP contribution in [0, 0.1) is 5.41 Å². The van der Waals surface area contributed by atoms with E-state index in [0.717, 1.165) is 37.5 Å². The van der Waals surface area contributed by atoms with Crippen molar-refractivity contribution in [1.29, 1.82) is 0 Å². The van der Waals surface area contributed by atoms with Crippen LogP contribution in [-0.2, 0) is 11.3 Å². The van der Waals surface area contributed by atoms with Crippen LogP contribution in [0.5, 0.6) is 0 Å². The summed E-state index contributed by atoms with van der Waals surface area (Å²) < 4.78 is 7.65. The summed E-state index contributed by atoms with van der Waals surface area (Å²) in [6.07, 6.45) is 2.75. The van der Waals surface area contributed by atoms with Crippen LogP contribution in [0.15, 0.2) is 0 Å². The van der Waals surface area contributed by atoms with Crippen molar-refractivity contribution in [1.82, 2.24) is 25.0 Å². The van der Waals surface area contributed by atoms with Gasteiger partial charge in [0.1, 0.15) is 5.82 Å². The van der Waals surface area contributed by atoms with Crippen molar-refractivity contribution in [2.45, 2.75) is 84.0 Å². The minimum atomic E-state index is -0.191. The maximum absolute atomic E-state index is 12.9. The number of nitrogens with zero attached hydrogens (tertiary/aromatic N) is 4. The molecule has 3 unspecified atom stereocenters. The molecule has 1 aromatic heterocycles. The van der Waals surface area contributed by atoms with E-state index in [-0.39, 0.29) is 35.0 Å². The largest absolute Gasteiger partial charge is 0.378 e. The van der Waals surface area contributed by atoms with Gasteiger partial charge >= 0.3 is 6.03 Å². The molecule has 1 aliphatic heterocycles. The number of aryl methyl sites for hydroxylation is 1. The summed E-state index contributed by atoms with van der Waals surface area (Å²) in [5.74, 6) is 2.02. The number of hydrogen-bond donors (Lipinski definition) is 1. The van der Waals surface area contributed by atoms with Gasteiger partial charge in [0.25, 0.3) is 0 Å². The van der Waals surface area contributed by atoms with Crippen LogP contribution in [0.1, 0.15) is 77.5 Å². The number of rotatable bonds is 4. The first-order valence-electron chi connectivity index (χ1n) is 9.64. The van der Waals surface area contributed by atoms with Crippen LogP contribution in [0.3, 0.4) is 0 Å². The second kappa shape index (κ2) is 6.51. The van der Waals surface area contributed by atoms with E-state index in [1.165, 1.54) is 0 Å². The SMILES string of the molecule is COC1(C)CC(N(C)C(=O)NC2CCCn3nc(C(C)C)nc32)C1(C)C. The van der Waals surface area contributed by atoms with Gasteiger partial charge in [-0.25, -0.2) is 14.5 Å². The third-order valence-electron chi connectivity index (χ3n) is 6.72. The number of hydrogen-bond acceptors (Lipinski definition) is 4. The van der Waals surface area contributed by atoms with Gasteiger partial charge in [-0.05, 0) is 26.2 Å². The first-order valence-corrected chi connectivity index (χ1v) is 9.64. The number of fused-ring (bicyclic) bond motifs is 1. The van der Waals surface area contributed by atoms with E-state index in [4.69, 9.17) is 4.74 Å². The summed E-state index contributed by atoms with van der Waals surface area (Å²) >= 11 is 0. The van der Waals surface area contributed by atoms with Crippen molar-refractivity contribution in [3.8, 4) is 0 Å². The van der Waals surface area contributed by atoms with Gasteiger partial charge < -0.3 is 15.0 Å². The number of nitrogens with one attached hydrogen (secondary N) is 1. The second-order valence-corrected chi connectivity index (χ2v) is 8.84. The Morgan fingerprint density at radius 2 is 2.08 bits per heavy atom. The molecule has 1 saturated carbocycles. The van der Waals surface area contributed by atoms with Gasteiger partial charge in [0, 0.05) is 38.1 Å². The van der Waals surface area contributed by atoms with Crippen LogP contribution < -0.4 is 5.32 Å². The molecule has 1 fully saturated rings. The fourth-order valence-electron chi connectivity index (χ4n) is 4.22. The molecule has 0 spiro atoms. The molecular weight excluding hydrogens is 330 g/mol. The molecule has 7 heteroatoms. The molecule has 7 nitrogen and oxygen atoms in total. The summed E-state index contributed by atoms with van der Waals surface area (Å²) in [6.45, 7) is 11.5. The number of methoxy groups -OCH3 is 1. The molecule has 0 saturated heterocycles. The van der Waals surface area contributed by atoms with Gasteiger partial charge in [0.2, 0.25) is 0 Å². The number of urea groups is 1. The minimum absolute atomic E-state index is 0.0474. The molecule has 2 aliphatic rings. The lowest BCUT2D eigenvalue weighted by Crippen LogP contribution is -2.69. The standard InChI is InChI=1S/C19H33N5O2/c1-12(2)15-21-16-13(9-8-10-24(16)22-15)20-17(25)23(6)14-11-19(5,26-7)18(14,3)4/h12-14H,8-11H2,1-7H3,(H,20,25). The first-order chi connectivity index (χ1) is 12.1. The Balaban J connectivity index is 1.70. The lowest BCUT2D eigenvalue weighted by atomic mass is 9.55. The Morgan fingerprint density at radius 1 is 1.38 bits per heavy atom. The summed E-state index contributed by atoms with van der Waals surface area (Å²) in [5, 5.41) is 7.77. The van der Waals surface area contributed by atoms with Crippen LogP contribution in [0.2, 0.25) is 0 Å². The molecule has 0 radical (unpaired) electrons. The summed E-state index contributed by atoms with van der Waals surface area (Å²) in [7, 11) is 3.63. The summed E-state index contributed by atoms with van der Waals surface area (Å²) in [5.41, 5.74) is -0.283. The smallest absolute Gasteiger partial charge is 0.318 e. The number of aromatic nitrogens is 3. The number of carbonyl (C=O) groups is 1. The quantitative estimate of drug-likeness (QED) is 0.892. The fourth-order valence-corrected chi connectivity index (χ4v) is 4.22. The minimum Gasteiger partial charge on any atom is -0.378 e. The van der Waals surface area contributed by atoms with Crippen molar-refractivity contribution >= 4 is 6.03 Å². The van der Waals surface area contributed by atoms with Gasteiger partial charge in [-0.2, -0.15) is 5.10 Å². The number of ether oxygens (including phenoxy) is 1. The highest BCUT2D eigenvalue weighted by molar-refractivity contribution is 5.75. The first kappa shape index (κ1) is 19.1. The van der Waals surface area contributed by atoms with Crippen molar-refractivity contribution in [3.63, 3.8) is 0 Å². The molecule has 1 aromatic rings. The molecule has 2 heterocycles. The highest BCUT2D eigenvalue weighted by Crippen LogP contribution is 2.53. The third kappa shape index (κ3) is 2.90. The maximum atomic E-state index is 12.9. The molecule has 0 bridgehead atoms. The topological polar surface area (TPSA) is 72.3 Å². The molecule has 1 N–H and O–H groups in total. The Kier molecular flexibility index (Phi) is 4.80. The average Bonchev–Trinajstić information content (AvgIpc) is 3.04. The van der Waals surface area contributed by atoms with Crippen molar-refractivity contribution in [2.75, 3.05) is 14.2 Å². The Bertz CT molecular complexity index is 683. The van der Waals surface area contributed by atoms with Crippen LogP contribution in [0.4, 0.5) is 4.79 Å². The van der Waals surface area contributed by atoms with Gasteiger partial charge in [-0.15, -0.1) is 0 Å². The molecule has 26 heavy (non-hydrogen) atoms. The Labute approximate surface area is 156 Å². The van der Waals surface area contributed by atoms with E-state index in [0.29, 0.717) is 0 Å². The van der Waals surface area contributed by atoms with E-state index in [1.807, 2.05) is 16.6 Å². The van der Waals surface area contributed by atoms with Crippen molar-refractivity contribution in [2.24, 2.45) is 5.41 Å². The Hall–Kier alpha value is -1.63. The third-order valence-corrected chi connectivity index (χ3v) is 6.72. The number of amides is 2. The lowest BCUT2D eigenvalue weighted by molar-refractivity contribution is -0.198. The zero-order valence-corrected chi connectivity index (χ0v) is 17.2. The molecule has 3 rings (SSSR count).